The highest BCUT2D eigenvalue weighted by Crippen LogP contribution is 2.67. The van der Waals surface area contributed by atoms with Crippen molar-refractivity contribution in [3.63, 3.8) is 0 Å². The van der Waals surface area contributed by atoms with Gasteiger partial charge in [-0.05, 0) is 110 Å². The van der Waals surface area contributed by atoms with Crippen molar-refractivity contribution in [1.29, 1.82) is 0 Å². The van der Waals surface area contributed by atoms with Gasteiger partial charge in [-0.3, -0.25) is 0 Å². The Hall–Kier alpha value is -0.300. The predicted molar refractivity (Wildman–Crippen MR) is 128 cm³/mol. The van der Waals surface area contributed by atoms with Crippen LogP contribution in [0.5, 0.6) is 0 Å². The molecule has 4 unspecified atom stereocenters. The van der Waals surface area contributed by atoms with E-state index in [1.54, 1.807) is 5.57 Å². The van der Waals surface area contributed by atoms with E-state index in [-0.39, 0.29) is 6.10 Å². The second-order valence-corrected chi connectivity index (χ2v) is 12.9. The summed E-state index contributed by atoms with van der Waals surface area (Å²) in [6.45, 7) is 15.1. The molecule has 0 aromatic rings. The topological polar surface area (TPSA) is 20.2 Å². The van der Waals surface area contributed by atoms with Crippen molar-refractivity contribution in [2.75, 3.05) is 0 Å². The van der Waals surface area contributed by atoms with Crippen LogP contribution in [0.1, 0.15) is 112 Å². The van der Waals surface area contributed by atoms with Crippen LogP contribution in [-0.4, -0.2) is 11.2 Å². The minimum atomic E-state index is -0.0794. The van der Waals surface area contributed by atoms with Gasteiger partial charge >= 0.3 is 0 Å². The molecule has 9 atom stereocenters. The van der Waals surface area contributed by atoms with Gasteiger partial charge in [0.1, 0.15) is 0 Å². The number of hydrogen-bond acceptors (Lipinski definition) is 1. The SMILES string of the molecule is CCC(CC[C@@H](C)[C@H]1CCC2C3CC=C4C[C@@H](O)CC[C@]4(C)C3CC[C@@]21C)C(C)C. The highest BCUT2D eigenvalue weighted by Gasteiger charge is 2.59. The number of rotatable bonds is 6. The minimum absolute atomic E-state index is 0.0794. The summed E-state index contributed by atoms with van der Waals surface area (Å²) >= 11 is 0. The maximum Gasteiger partial charge on any atom is 0.0577 e. The van der Waals surface area contributed by atoms with Crippen LogP contribution in [0, 0.1) is 52.3 Å². The van der Waals surface area contributed by atoms with Crippen LogP contribution in [-0.2, 0) is 0 Å². The van der Waals surface area contributed by atoms with Gasteiger partial charge in [0.15, 0.2) is 0 Å². The lowest BCUT2D eigenvalue weighted by Crippen LogP contribution is -2.50. The van der Waals surface area contributed by atoms with E-state index < -0.39 is 0 Å². The molecular formula is C29H50O. The van der Waals surface area contributed by atoms with E-state index >= 15 is 0 Å². The summed E-state index contributed by atoms with van der Waals surface area (Å²) in [4.78, 5) is 0. The zero-order chi connectivity index (χ0) is 21.7. The molecule has 0 saturated heterocycles. The Bertz CT molecular complexity index is 634. The van der Waals surface area contributed by atoms with E-state index in [1.807, 2.05) is 0 Å². The molecule has 1 N–H and O–H groups in total. The third-order valence-electron chi connectivity index (χ3n) is 11.3. The van der Waals surface area contributed by atoms with Crippen molar-refractivity contribution in [2.24, 2.45) is 52.3 Å². The molecule has 0 aliphatic heterocycles. The van der Waals surface area contributed by atoms with Crippen LogP contribution >= 0.6 is 0 Å². The average molecular weight is 415 g/mol. The second kappa shape index (κ2) is 8.57. The van der Waals surface area contributed by atoms with Gasteiger partial charge < -0.3 is 5.11 Å². The van der Waals surface area contributed by atoms with Crippen LogP contribution in [0.25, 0.3) is 0 Å². The lowest BCUT2D eigenvalue weighted by Gasteiger charge is -2.58. The van der Waals surface area contributed by atoms with Crippen LogP contribution in [0.3, 0.4) is 0 Å². The molecule has 0 spiro atoms. The number of fused-ring (bicyclic) bond motifs is 5. The molecule has 4 rings (SSSR count). The molecule has 3 fully saturated rings. The van der Waals surface area contributed by atoms with Gasteiger partial charge in [0.2, 0.25) is 0 Å². The molecule has 172 valence electrons. The van der Waals surface area contributed by atoms with Crippen molar-refractivity contribution in [3.8, 4) is 0 Å². The second-order valence-electron chi connectivity index (χ2n) is 12.9. The molecule has 4 aliphatic rings. The van der Waals surface area contributed by atoms with E-state index in [2.05, 4.69) is 47.6 Å². The van der Waals surface area contributed by atoms with Crippen molar-refractivity contribution in [1.82, 2.24) is 0 Å². The Morgan fingerprint density at radius 2 is 1.77 bits per heavy atom. The molecule has 4 aliphatic carbocycles. The summed E-state index contributed by atoms with van der Waals surface area (Å²) in [5, 5.41) is 10.2. The van der Waals surface area contributed by atoms with Gasteiger partial charge in [-0.1, -0.05) is 66.0 Å². The van der Waals surface area contributed by atoms with E-state index in [0.717, 1.165) is 54.3 Å². The monoisotopic (exact) mass is 414 g/mol. The van der Waals surface area contributed by atoms with Crippen molar-refractivity contribution < 1.29 is 5.11 Å². The molecule has 0 bridgehead atoms. The third kappa shape index (κ3) is 3.74. The highest BCUT2D eigenvalue weighted by molar-refractivity contribution is 5.25. The molecular weight excluding hydrogens is 364 g/mol. The summed E-state index contributed by atoms with van der Waals surface area (Å²) in [7, 11) is 0. The fraction of sp³-hybridized carbons (Fsp3) is 0.931. The van der Waals surface area contributed by atoms with E-state index in [0.29, 0.717) is 10.8 Å². The number of aliphatic hydroxyl groups excluding tert-OH is 1. The first-order valence-electron chi connectivity index (χ1n) is 13.6. The van der Waals surface area contributed by atoms with Gasteiger partial charge in [0.25, 0.3) is 0 Å². The predicted octanol–water partition coefficient (Wildman–Crippen LogP) is 8.02. The first kappa shape index (κ1) is 22.9. The Kier molecular flexibility index (Phi) is 6.53. The van der Waals surface area contributed by atoms with Crippen molar-refractivity contribution in [2.45, 2.75) is 118 Å². The maximum absolute atomic E-state index is 10.2. The molecule has 3 saturated carbocycles. The Morgan fingerprint density at radius 1 is 1.00 bits per heavy atom. The van der Waals surface area contributed by atoms with Crippen molar-refractivity contribution in [3.05, 3.63) is 11.6 Å². The number of allylic oxidation sites excluding steroid dienone is 1. The number of aliphatic hydroxyl groups is 1. The van der Waals surface area contributed by atoms with Gasteiger partial charge in [-0.25, -0.2) is 0 Å². The average Bonchev–Trinajstić information content (AvgIpc) is 3.06. The Balaban J connectivity index is 1.47. The van der Waals surface area contributed by atoms with Crippen LogP contribution in [0.15, 0.2) is 11.6 Å². The zero-order valence-electron chi connectivity index (χ0n) is 20.9. The van der Waals surface area contributed by atoms with Gasteiger partial charge in [-0.2, -0.15) is 0 Å². The summed E-state index contributed by atoms with van der Waals surface area (Å²) in [5.41, 5.74) is 2.59. The fourth-order valence-electron chi connectivity index (χ4n) is 9.30. The minimum Gasteiger partial charge on any atom is -0.393 e. The van der Waals surface area contributed by atoms with Gasteiger partial charge in [0.05, 0.1) is 6.10 Å². The first-order chi connectivity index (χ1) is 14.2. The van der Waals surface area contributed by atoms with E-state index in [9.17, 15) is 5.11 Å². The van der Waals surface area contributed by atoms with Crippen molar-refractivity contribution >= 4 is 0 Å². The first-order valence-corrected chi connectivity index (χ1v) is 13.6. The molecule has 30 heavy (non-hydrogen) atoms. The Labute approximate surface area is 187 Å². The largest absolute Gasteiger partial charge is 0.393 e. The quantitative estimate of drug-likeness (QED) is 0.436. The smallest absolute Gasteiger partial charge is 0.0577 e. The fourth-order valence-corrected chi connectivity index (χ4v) is 9.30. The van der Waals surface area contributed by atoms with Crippen LogP contribution < -0.4 is 0 Å². The van der Waals surface area contributed by atoms with Gasteiger partial charge in [0, 0.05) is 0 Å². The van der Waals surface area contributed by atoms with E-state index in [4.69, 9.17) is 0 Å². The summed E-state index contributed by atoms with van der Waals surface area (Å²) in [6.07, 6.45) is 17.1. The van der Waals surface area contributed by atoms with Crippen LogP contribution in [0.2, 0.25) is 0 Å². The van der Waals surface area contributed by atoms with E-state index in [1.165, 1.54) is 57.8 Å². The lowest BCUT2D eigenvalue weighted by molar-refractivity contribution is -0.0575. The third-order valence-corrected chi connectivity index (χ3v) is 11.3. The zero-order valence-corrected chi connectivity index (χ0v) is 20.9. The number of hydrogen-bond donors (Lipinski definition) is 1. The molecule has 1 nitrogen and oxygen atoms in total. The molecule has 0 amide bonds. The molecule has 0 radical (unpaired) electrons. The normalized spacial score (nSPS) is 45.3. The van der Waals surface area contributed by atoms with Gasteiger partial charge in [-0.15, -0.1) is 0 Å². The summed E-state index contributed by atoms with van der Waals surface area (Å²) in [6, 6.07) is 0. The molecule has 0 aromatic heterocycles. The highest BCUT2D eigenvalue weighted by atomic mass is 16.3. The van der Waals surface area contributed by atoms with Crippen LogP contribution in [0.4, 0.5) is 0 Å². The molecule has 0 aromatic carbocycles. The summed E-state index contributed by atoms with van der Waals surface area (Å²) < 4.78 is 0. The summed E-state index contributed by atoms with van der Waals surface area (Å²) in [5.74, 6) is 6.31. The Morgan fingerprint density at radius 3 is 2.47 bits per heavy atom. The maximum atomic E-state index is 10.2. The standard InChI is InChI=1S/C29H50O/c1-7-21(19(2)3)9-8-20(4)25-12-13-26-24-11-10-22-18-23(30)14-16-28(22,5)27(24)15-17-29(25,26)6/h10,19-21,23-27,30H,7-9,11-18H2,1-6H3/t20-,21?,23+,24?,25-,26?,27?,28+,29-/m1/s1. The molecule has 1 heteroatoms. The lowest BCUT2D eigenvalue weighted by atomic mass is 9.47. The molecule has 0 heterocycles.